The Morgan fingerprint density at radius 3 is 2.50 bits per heavy atom. The van der Waals surface area contributed by atoms with Crippen LogP contribution in [0.4, 0.5) is 0 Å². The predicted octanol–water partition coefficient (Wildman–Crippen LogP) is 5.44. The molecule has 5 nitrogen and oxygen atoms in total. The van der Waals surface area contributed by atoms with Gasteiger partial charge in [-0.1, -0.05) is 101 Å². The molecule has 0 aliphatic rings. The number of thioether (sulfide) groups is 2. The minimum absolute atomic E-state index is 0.173. The summed E-state index contributed by atoms with van der Waals surface area (Å²) in [5, 5.41) is 12.4. The lowest BCUT2D eigenvalue weighted by Gasteiger charge is -1.99. The summed E-state index contributed by atoms with van der Waals surface area (Å²) in [5.74, 6) is 0.925. The molecule has 0 unspecified atom stereocenters. The first-order valence-corrected chi connectivity index (χ1v) is 12.1. The molecule has 0 spiro atoms. The summed E-state index contributed by atoms with van der Waals surface area (Å²) in [4.78, 5) is 12.0. The van der Waals surface area contributed by atoms with Crippen LogP contribution in [0.25, 0.3) is 6.08 Å². The first kappa shape index (κ1) is 22.3. The maximum atomic E-state index is 12.0. The highest BCUT2D eigenvalue weighted by molar-refractivity contribution is 8.03. The molecule has 0 bridgehead atoms. The van der Waals surface area contributed by atoms with Gasteiger partial charge in [0.15, 0.2) is 8.68 Å². The van der Waals surface area contributed by atoms with Crippen molar-refractivity contribution in [2.24, 2.45) is 5.10 Å². The van der Waals surface area contributed by atoms with E-state index in [-0.39, 0.29) is 11.7 Å². The summed E-state index contributed by atoms with van der Waals surface area (Å²) in [6.07, 6.45) is 3.64. The van der Waals surface area contributed by atoms with E-state index in [1.165, 1.54) is 34.2 Å². The molecule has 154 valence electrons. The van der Waals surface area contributed by atoms with Gasteiger partial charge in [0.25, 0.3) is 5.91 Å². The quantitative estimate of drug-likeness (QED) is 0.265. The maximum absolute atomic E-state index is 12.0. The van der Waals surface area contributed by atoms with Crippen LogP contribution in [0.3, 0.4) is 0 Å². The Morgan fingerprint density at radius 2 is 1.77 bits per heavy atom. The number of rotatable bonds is 9. The SMILES string of the molecule is CC(/C=N\NC(=O)CSc1nnc(SCc2ccc(C)cc2)s1)=C/c1ccccc1. The molecule has 0 radical (unpaired) electrons. The molecule has 0 atom stereocenters. The fraction of sp³-hybridized carbons (Fsp3) is 0.182. The number of carbonyl (C=O) groups is 1. The zero-order valence-corrected chi connectivity index (χ0v) is 19.2. The lowest BCUT2D eigenvalue weighted by molar-refractivity contribution is -0.118. The molecule has 0 saturated carbocycles. The molecule has 1 aromatic heterocycles. The third kappa shape index (κ3) is 7.78. The van der Waals surface area contributed by atoms with Crippen LogP contribution >= 0.6 is 34.9 Å². The number of hydrogen-bond acceptors (Lipinski definition) is 7. The average Bonchev–Trinajstić information content (AvgIpc) is 3.20. The predicted molar refractivity (Wildman–Crippen MR) is 128 cm³/mol. The summed E-state index contributed by atoms with van der Waals surface area (Å²) in [6.45, 7) is 4.02. The van der Waals surface area contributed by atoms with E-state index in [2.05, 4.69) is 51.9 Å². The number of benzene rings is 2. The number of hydrogen-bond donors (Lipinski definition) is 1. The van der Waals surface area contributed by atoms with Gasteiger partial charge in [0.2, 0.25) is 0 Å². The molecule has 8 heteroatoms. The molecule has 0 aliphatic carbocycles. The van der Waals surface area contributed by atoms with E-state index < -0.39 is 0 Å². The van der Waals surface area contributed by atoms with Gasteiger partial charge >= 0.3 is 0 Å². The Hall–Kier alpha value is -2.42. The van der Waals surface area contributed by atoms with Crippen molar-refractivity contribution >= 4 is 53.1 Å². The van der Waals surface area contributed by atoms with E-state index >= 15 is 0 Å². The molecule has 2 aromatic carbocycles. The van der Waals surface area contributed by atoms with Crippen molar-refractivity contribution in [3.8, 4) is 0 Å². The maximum Gasteiger partial charge on any atom is 0.250 e. The molecule has 1 heterocycles. The molecule has 3 rings (SSSR count). The molecular formula is C22H22N4OS3. The molecule has 1 amide bonds. The highest BCUT2D eigenvalue weighted by Crippen LogP contribution is 2.30. The minimum Gasteiger partial charge on any atom is -0.272 e. The van der Waals surface area contributed by atoms with Gasteiger partial charge < -0.3 is 0 Å². The van der Waals surface area contributed by atoms with Crippen molar-refractivity contribution in [1.29, 1.82) is 0 Å². The second kappa shape index (κ2) is 11.7. The number of hydrazone groups is 1. The fourth-order valence-electron chi connectivity index (χ4n) is 2.36. The third-order valence-electron chi connectivity index (χ3n) is 3.85. The van der Waals surface area contributed by atoms with Crippen molar-refractivity contribution in [1.82, 2.24) is 15.6 Å². The van der Waals surface area contributed by atoms with E-state index in [0.29, 0.717) is 0 Å². The standard InChI is InChI=1S/C22H22N4OS3/c1-16-8-10-19(11-9-16)14-28-21-25-26-22(30-21)29-15-20(27)24-23-13-17(2)12-18-6-4-3-5-7-18/h3-13H,14-15H2,1-2H3,(H,24,27)/b17-12-,23-13-. The summed E-state index contributed by atoms with van der Waals surface area (Å²) in [5.41, 5.74) is 7.10. The number of aromatic nitrogens is 2. The highest BCUT2D eigenvalue weighted by Gasteiger charge is 2.08. The number of amides is 1. The average molecular weight is 455 g/mol. The summed E-state index contributed by atoms with van der Waals surface area (Å²) in [7, 11) is 0. The molecular weight excluding hydrogens is 432 g/mol. The fourth-order valence-corrected chi connectivity index (χ4v) is 5.13. The molecule has 30 heavy (non-hydrogen) atoms. The van der Waals surface area contributed by atoms with Gasteiger partial charge in [0, 0.05) is 5.75 Å². The van der Waals surface area contributed by atoms with E-state index in [4.69, 9.17) is 0 Å². The zero-order chi connectivity index (χ0) is 21.2. The van der Waals surface area contributed by atoms with Crippen molar-refractivity contribution in [2.45, 2.75) is 28.3 Å². The van der Waals surface area contributed by atoms with Crippen LogP contribution in [0.5, 0.6) is 0 Å². The van der Waals surface area contributed by atoms with Crippen LogP contribution in [0, 0.1) is 6.92 Å². The monoisotopic (exact) mass is 454 g/mol. The number of carbonyl (C=O) groups excluding carboxylic acids is 1. The molecule has 0 fully saturated rings. The molecule has 0 aliphatic heterocycles. The van der Waals surface area contributed by atoms with E-state index in [1.54, 1.807) is 18.0 Å². The first-order chi connectivity index (χ1) is 14.6. The summed E-state index contributed by atoms with van der Waals surface area (Å²) >= 11 is 4.52. The largest absolute Gasteiger partial charge is 0.272 e. The van der Waals surface area contributed by atoms with Crippen molar-refractivity contribution < 1.29 is 4.79 Å². The van der Waals surface area contributed by atoms with Gasteiger partial charge in [0.1, 0.15) is 0 Å². The van der Waals surface area contributed by atoms with Crippen LogP contribution < -0.4 is 5.43 Å². The van der Waals surface area contributed by atoms with Crippen LogP contribution in [0.2, 0.25) is 0 Å². The first-order valence-electron chi connectivity index (χ1n) is 9.28. The number of nitrogens with one attached hydrogen (secondary N) is 1. The summed E-state index contributed by atoms with van der Waals surface area (Å²) in [6, 6.07) is 18.4. The Kier molecular flexibility index (Phi) is 8.67. The summed E-state index contributed by atoms with van der Waals surface area (Å²) < 4.78 is 1.68. The van der Waals surface area contributed by atoms with Gasteiger partial charge in [-0.25, -0.2) is 5.43 Å². The number of nitrogens with zero attached hydrogens (tertiary/aromatic N) is 3. The lowest BCUT2D eigenvalue weighted by atomic mass is 10.1. The molecule has 1 N–H and O–H groups in total. The Labute approximate surface area is 189 Å². The van der Waals surface area contributed by atoms with Gasteiger partial charge in [-0.05, 0) is 30.5 Å². The molecule has 3 aromatic rings. The number of allylic oxidation sites excluding steroid dienone is 1. The van der Waals surface area contributed by atoms with Crippen LogP contribution in [0.15, 0.2) is 74.0 Å². The van der Waals surface area contributed by atoms with E-state index in [1.807, 2.05) is 43.3 Å². The highest BCUT2D eigenvalue weighted by atomic mass is 32.2. The van der Waals surface area contributed by atoms with Crippen molar-refractivity contribution in [2.75, 3.05) is 5.75 Å². The van der Waals surface area contributed by atoms with Crippen LogP contribution in [-0.4, -0.2) is 28.1 Å². The Morgan fingerprint density at radius 1 is 1.07 bits per heavy atom. The van der Waals surface area contributed by atoms with Crippen LogP contribution in [-0.2, 0) is 10.5 Å². The third-order valence-corrected chi connectivity index (χ3v) is 7.11. The molecule has 0 saturated heterocycles. The zero-order valence-electron chi connectivity index (χ0n) is 16.7. The van der Waals surface area contributed by atoms with E-state index in [0.717, 1.165) is 25.6 Å². The smallest absolute Gasteiger partial charge is 0.250 e. The van der Waals surface area contributed by atoms with Gasteiger partial charge in [-0.15, -0.1) is 10.2 Å². The minimum atomic E-state index is -0.173. The van der Waals surface area contributed by atoms with Crippen molar-refractivity contribution in [3.05, 3.63) is 76.9 Å². The van der Waals surface area contributed by atoms with Gasteiger partial charge in [0.05, 0.1) is 12.0 Å². The normalized spacial score (nSPS) is 11.7. The Balaban J connectivity index is 1.39. The lowest BCUT2D eigenvalue weighted by Crippen LogP contribution is -2.19. The van der Waals surface area contributed by atoms with Gasteiger partial charge in [-0.2, -0.15) is 5.10 Å². The number of aryl methyl sites for hydroxylation is 1. The van der Waals surface area contributed by atoms with Crippen molar-refractivity contribution in [3.63, 3.8) is 0 Å². The Bertz CT molecular complexity index is 1010. The second-order valence-electron chi connectivity index (χ2n) is 6.49. The van der Waals surface area contributed by atoms with Gasteiger partial charge in [-0.3, -0.25) is 4.79 Å². The van der Waals surface area contributed by atoms with E-state index in [9.17, 15) is 4.79 Å². The second-order valence-corrected chi connectivity index (χ2v) is 9.91. The topological polar surface area (TPSA) is 67.2 Å². The van der Waals surface area contributed by atoms with Crippen LogP contribution in [0.1, 0.15) is 23.6 Å².